The van der Waals surface area contributed by atoms with Crippen molar-refractivity contribution < 1.29 is 34.1 Å². The van der Waals surface area contributed by atoms with E-state index in [1.807, 2.05) is 0 Å². The number of hydrogen-bond acceptors (Lipinski definition) is 5. The molecule has 0 saturated heterocycles. The number of hydrogen-bond donors (Lipinski definition) is 2. The lowest BCUT2D eigenvalue weighted by Crippen LogP contribution is -2.29. The van der Waals surface area contributed by atoms with Crippen molar-refractivity contribution in [2.24, 2.45) is 16.2 Å². The first-order valence-electron chi connectivity index (χ1n) is 15.8. The zero-order chi connectivity index (χ0) is 30.6. The molecule has 3 aliphatic rings. The molecule has 0 aromatic heterocycles. The number of methoxy groups -OCH3 is 2. The van der Waals surface area contributed by atoms with E-state index in [1.54, 1.807) is 7.11 Å². The van der Waals surface area contributed by atoms with Crippen LogP contribution in [0.2, 0.25) is 0 Å². The minimum absolute atomic E-state index is 0.00966. The Bertz CT molecular complexity index is 740. The molecule has 41 heavy (non-hydrogen) atoms. The van der Waals surface area contributed by atoms with E-state index >= 15 is 0 Å². The van der Waals surface area contributed by atoms with Crippen LogP contribution in [0.3, 0.4) is 0 Å². The predicted octanol–water partition coefficient (Wildman–Crippen LogP) is 8.62. The van der Waals surface area contributed by atoms with Crippen LogP contribution >= 0.6 is 23.2 Å². The molecule has 0 unspecified atom stereocenters. The Labute approximate surface area is 258 Å². The fraction of sp³-hybridized carbons (Fsp3) is 0.906. The number of alkyl halides is 2. The molecule has 0 radical (unpaired) electrons. The summed E-state index contributed by atoms with van der Waals surface area (Å²) in [6.07, 6.45) is 20.6. The largest absolute Gasteiger partial charge is 0.481 e. The number of carbonyl (C=O) groups is 3. The van der Waals surface area contributed by atoms with Crippen molar-refractivity contribution in [3.05, 3.63) is 0 Å². The molecule has 240 valence electrons. The van der Waals surface area contributed by atoms with Crippen molar-refractivity contribution >= 4 is 41.1 Å². The second kappa shape index (κ2) is 20.8. The van der Waals surface area contributed by atoms with E-state index in [-0.39, 0.29) is 11.4 Å². The fourth-order valence-electron chi connectivity index (χ4n) is 6.90. The third-order valence-corrected chi connectivity index (χ3v) is 10.1. The van der Waals surface area contributed by atoms with Crippen LogP contribution in [-0.4, -0.2) is 60.7 Å². The second-order valence-electron chi connectivity index (χ2n) is 12.3. The highest BCUT2D eigenvalue weighted by molar-refractivity contribution is 6.18. The Morgan fingerprint density at radius 2 is 0.927 bits per heavy atom. The van der Waals surface area contributed by atoms with E-state index < -0.39 is 22.8 Å². The molecule has 0 amide bonds. The first-order chi connectivity index (χ1) is 19.7. The Morgan fingerprint density at radius 3 is 1.24 bits per heavy atom. The molecule has 3 rings (SSSR count). The van der Waals surface area contributed by atoms with Crippen molar-refractivity contribution in [2.75, 3.05) is 32.6 Å². The summed E-state index contributed by atoms with van der Waals surface area (Å²) in [6, 6.07) is 0. The highest BCUT2D eigenvalue weighted by atomic mass is 35.5. The van der Waals surface area contributed by atoms with E-state index in [0.717, 1.165) is 141 Å². The number of unbranched alkanes of at least 4 members (excludes halogenated alkanes) is 3. The summed E-state index contributed by atoms with van der Waals surface area (Å²) in [5, 5.41) is 18.3. The highest BCUT2D eigenvalue weighted by Crippen LogP contribution is 2.44. The molecule has 2 N–H and O–H groups in total. The van der Waals surface area contributed by atoms with E-state index in [2.05, 4.69) is 0 Å². The number of carboxylic acids is 2. The molecule has 9 heteroatoms. The number of rotatable bonds is 16. The van der Waals surface area contributed by atoms with E-state index in [0.29, 0.717) is 11.8 Å². The number of aliphatic carboxylic acids is 2. The van der Waals surface area contributed by atoms with Crippen molar-refractivity contribution in [1.82, 2.24) is 0 Å². The molecule has 0 bridgehead atoms. The van der Waals surface area contributed by atoms with Crippen LogP contribution in [0.25, 0.3) is 0 Å². The van der Waals surface area contributed by atoms with Crippen LogP contribution in [0.5, 0.6) is 0 Å². The van der Waals surface area contributed by atoms with Crippen LogP contribution in [0.1, 0.15) is 135 Å². The predicted molar refractivity (Wildman–Crippen MR) is 165 cm³/mol. The zero-order valence-electron chi connectivity index (χ0n) is 25.7. The van der Waals surface area contributed by atoms with Crippen molar-refractivity contribution in [1.29, 1.82) is 0 Å². The molecule has 0 aliphatic heterocycles. The van der Waals surface area contributed by atoms with Gasteiger partial charge in [-0.05, 0) is 77.0 Å². The summed E-state index contributed by atoms with van der Waals surface area (Å²) in [6.45, 7) is 0.746. The fourth-order valence-corrected chi connectivity index (χ4v) is 7.27. The second-order valence-corrected chi connectivity index (χ2v) is 13.1. The summed E-state index contributed by atoms with van der Waals surface area (Å²) in [5.41, 5.74) is -0.958. The van der Waals surface area contributed by atoms with E-state index in [4.69, 9.17) is 37.8 Å². The zero-order valence-corrected chi connectivity index (χ0v) is 27.2. The Kier molecular flexibility index (Phi) is 19.3. The van der Waals surface area contributed by atoms with E-state index in [1.165, 1.54) is 7.11 Å². The Balaban J connectivity index is 0.000000308. The van der Waals surface area contributed by atoms with Gasteiger partial charge < -0.3 is 19.7 Å². The smallest absolute Gasteiger partial charge is 0.311 e. The molecule has 0 atom stereocenters. The average Bonchev–Trinajstić information content (AvgIpc) is 3.75. The van der Waals surface area contributed by atoms with Gasteiger partial charge in [0.25, 0.3) is 0 Å². The molecule has 0 spiro atoms. The van der Waals surface area contributed by atoms with Gasteiger partial charge in [0.1, 0.15) is 0 Å². The van der Waals surface area contributed by atoms with Gasteiger partial charge in [0, 0.05) is 25.5 Å². The summed E-state index contributed by atoms with van der Waals surface area (Å²) in [7, 11) is 3.17. The summed E-state index contributed by atoms with van der Waals surface area (Å²) in [4.78, 5) is 33.9. The van der Waals surface area contributed by atoms with Crippen LogP contribution in [0.4, 0.5) is 0 Å². The van der Waals surface area contributed by atoms with Crippen LogP contribution in [0, 0.1) is 16.2 Å². The third kappa shape index (κ3) is 12.6. The van der Waals surface area contributed by atoms with Gasteiger partial charge in [-0.25, -0.2) is 0 Å². The maximum atomic E-state index is 11.7. The molecule has 3 saturated carbocycles. The first kappa shape index (κ1) is 38.0. The number of ether oxygens (including phenoxy) is 2. The van der Waals surface area contributed by atoms with Gasteiger partial charge in [0.15, 0.2) is 0 Å². The standard InChI is InChI=1S/C11H19ClO2.C11H20O3.C10H17ClO2/c1-14-10(13)11(6-2-3-7-11)8-4-5-9-12;1-14-9-5-4-8-11(10(12)13)6-2-3-7-11;11-8-4-3-7-10(9(12)13)5-1-2-6-10/h2-9H2,1H3;2-9H2,1H3,(H,12,13);1-8H2,(H,12,13). The van der Waals surface area contributed by atoms with Gasteiger partial charge in [-0.1, -0.05) is 57.8 Å². The maximum Gasteiger partial charge on any atom is 0.311 e. The van der Waals surface area contributed by atoms with E-state index in [9.17, 15) is 19.5 Å². The lowest BCUT2D eigenvalue weighted by atomic mass is 9.81. The van der Waals surface area contributed by atoms with Crippen LogP contribution in [-0.2, 0) is 23.9 Å². The maximum absolute atomic E-state index is 11.7. The van der Waals surface area contributed by atoms with Gasteiger partial charge in [-0.2, -0.15) is 0 Å². The molecule has 0 aromatic carbocycles. The third-order valence-electron chi connectivity index (χ3n) is 9.54. The normalized spacial score (nSPS) is 19.9. The lowest BCUT2D eigenvalue weighted by Gasteiger charge is -2.25. The number of esters is 1. The summed E-state index contributed by atoms with van der Waals surface area (Å²) in [5.74, 6) is 0.143. The monoisotopic (exact) mass is 622 g/mol. The first-order valence-corrected chi connectivity index (χ1v) is 16.9. The lowest BCUT2D eigenvalue weighted by molar-refractivity contribution is -0.153. The number of halogens is 2. The highest BCUT2D eigenvalue weighted by Gasteiger charge is 2.42. The van der Waals surface area contributed by atoms with Gasteiger partial charge in [-0.3, -0.25) is 14.4 Å². The Morgan fingerprint density at radius 1 is 0.585 bits per heavy atom. The quantitative estimate of drug-likeness (QED) is 0.101. The molecule has 3 aliphatic carbocycles. The molecule has 7 nitrogen and oxygen atoms in total. The van der Waals surface area contributed by atoms with Crippen LogP contribution < -0.4 is 0 Å². The molecular weight excluding hydrogens is 567 g/mol. The van der Waals surface area contributed by atoms with Gasteiger partial charge in [0.05, 0.1) is 23.4 Å². The average molecular weight is 624 g/mol. The SMILES string of the molecule is COC(=O)C1(CCCCCl)CCCC1.COCCCCC1(C(=O)O)CCCC1.O=C(O)C1(CCCCCl)CCCC1. The minimum atomic E-state index is -0.598. The molecule has 0 heterocycles. The van der Waals surface area contributed by atoms with Crippen molar-refractivity contribution in [3.8, 4) is 0 Å². The van der Waals surface area contributed by atoms with Crippen molar-refractivity contribution in [2.45, 2.75) is 135 Å². The number of carboxylic acid groups (broad SMARTS) is 2. The topological polar surface area (TPSA) is 110 Å². The van der Waals surface area contributed by atoms with Gasteiger partial charge in [0.2, 0.25) is 0 Å². The summed E-state index contributed by atoms with van der Waals surface area (Å²) >= 11 is 11.2. The van der Waals surface area contributed by atoms with Gasteiger partial charge in [-0.15, -0.1) is 23.2 Å². The van der Waals surface area contributed by atoms with Gasteiger partial charge >= 0.3 is 17.9 Å². The number of carbonyl (C=O) groups excluding carboxylic acids is 1. The molecular formula is C32H56Cl2O7. The van der Waals surface area contributed by atoms with Crippen LogP contribution in [0.15, 0.2) is 0 Å². The summed E-state index contributed by atoms with van der Waals surface area (Å²) < 4.78 is 9.85. The Hall–Kier alpha value is -1.05. The minimum Gasteiger partial charge on any atom is -0.481 e. The molecule has 0 aromatic rings. The molecule has 3 fully saturated rings. The van der Waals surface area contributed by atoms with Crippen molar-refractivity contribution in [3.63, 3.8) is 0 Å².